The Morgan fingerprint density at radius 1 is 0.909 bits per heavy atom. The fraction of sp³-hybridized carbons (Fsp3) is 0.176. The highest BCUT2D eigenvalue weighted by Crippen LogP contribution is 2.28. The van der Waals surface area contributed by atoms with E-state index < -0.39 is 0 Å². The lowest BCUT2D eigenvalue weighted by Crippen LogP contribution is -2.00. The summed E-state index contributed by atoms with van der Waals surface area (Å²) in [5.41, 5.74) is 9.81. The number of aromatic nitrogens is 4. The van der Waals surface area contributed by atoms with Gasteiger partial charge in [-0.3, -0.25) is 4.40 Å². The number of benzene rings is 2. The van der Waals surface area contributed by atoms with E-state index >= 15 is 0 Å². The molecule has 0 aliphatic carbocycles. The van der Waals surface area contributed by atoms with Crippen molar-refractivity contribution in [2.75, 3.05) is 5.73 Å². The Hall–Kier alpha value is -2.82. The first-order valence-corrected chi connectivity index (χ1v) is 7.37. The zero-order valence-electron chi connectivity index (χ0n) is 12.6. The van der Waals surface area contributed by atoms with Crippen LogP contribution >= 0.6 is 0 Å². The number of nitrogens with two attached hydrogens (primary N) is 1. The van der Waals surface area contributed by atoms with Crippen LogP contribution in [0, 0.1) is 0 Å². The predicted molar refractivity (Wildman–Crippen MR) is 88.7 cm³/mol. The molecule has 110 valence electrons. The van der Waals surface area contributed by atoms with E-state index in [0.717, 1.165) is 28.4 Å². The normalized spacial score (nSPS) is 11.8. The Labute approximate surface area is 128 Å². The van der Waals surface area contributed by atoms with E-state index in [1.165, 1.54) is 5.52 Å². The molecule has 5 heteroatoms. The molecule has 0 saturated heterocycles. The van der Waals surface area contributed by atoms with Gasteiger partial charge < -0.3 is 10.3 Å². The summed E-state index contributed by atoms with van der Waals surface area (Å²) in [4.78, 5) is 0. The molecular formula is C17H17N5. The van der Waals surface area contributed by atoms with Crippen molar-refractivity contribution in [1.29, 1.82) is 0 Å². The van der Waals surface area contributed by atoms with Crippen LogP contribution in [0.15, 0.2) is 48.5 Å². The number of rotatable bonds is 2. The first kappa shape index (κ1) is 12.9. The standard InChI is InChI=1S/C17H17N5/c1-11(2)21-14-5-3-4-6-15(14)22-16(19-20-17(21)22)12-7-9-13(18)10-8-12/h3-11H,18H2,1-2H3. The second kappa shape index (κ2) is 4.59. The predicted octanol–water partition coefficient (Wildman–Crippen LogP) is 3.51. The van der Waals surface area contributed by atoms with Gasteiger partial charge in [0, 0.05) is 17.3 Å². The van der Waals surface area contributed by atoms with Crippen LogP contribution in [0.3, 0.4) is 0 Å². The smallest absolute Gasteiger partial charge is 0.237 e. The van der Waals surface area contributed by atoms with Gasteiger partial charge in [-0.25, -0.2) is 0 Å². The van der Waals surface area contributed by atoms with E-state index in [0.29, 0.717) is 6.04 Å². The van der Waals surface area contributed by atoms with Gasteiger partial charge in [0.25, 0.3) is 0 Å². The molecule has 0 fully saturated rings. The summed E-state index contributed by atoms with van der Waals surface area (Å²) < 4.78 is 4.32. The molecule has 0 unspecified atom stereocenters. The van der Waals surface area contributed by atoms with Crippen molar-refractivity contribution in [3.63, 3.8) is 0 Å². The minimum atomic E-state index is 0.311. The molecule has 0 radical (unpaired) electrons. The van der Waals surface area contributed by atoms with E-state index in [2.05, 4.69) is 51.2 Å². The van der Waals surface area contributed by atoms with Crippen LogP contribution in [0.4, 0.5) is 5.69 Å². The quantitative estimate of drug-likeness (QED) is 0.575. The summed E-state index contributed by atoms with van der Waals surface area (Å²) in [5, 5.41) is 8.82. The van der Waals surface area contributed by atoms with Gasteiger partial charge >= 0.3 is 0 Å². The SMILES string of the molecule is CC(C)n1c2ccccc2n2c(-c3ccc(N)cc3)nnc12. The third-order valence-corrected chi connectivity index (χ3v) is 3.93. The lowest BCUT2D eigenvalue weighted by Gasteiger charge is -2.07. The molecule has 4 rings (SSSR count). The molecule has 22 heavy (non-hydrogen) atoms. The van der Waals surface area contributed by atoms with Crippen molar-refractivity contribution in [2.45, 2.75) is 19.9 Å². The Kier molecular flexibility index (Phi) is 2.69. The van der Waals surface area contributed by atoms with Crippen molar-refractivity contribution in [3.05, 3.63) is 48.5 Å². The Morgan fingerprint density at radius 2 is 1.59 bits per heavy atom. The largest absolute Gasteiger partial charge is 0.399 e. The molecule has 0 aliphatic heterocycles. The molecular weight excluding hydrogens is 274 g/mol. The number of anilines is 1. The zero-order valence-corrected chi connectivity index (χ0v) is 12.6. The van der Waals surface area contributed by atoms with E-state index in [1.54, 1.807) is 0 Å². The second-order valence-corrected chi connectivity index (χ2v) is 5.73. The average Bonchev–Trinajstić information content (AvgIpc) is 3.05. The molecule has 2 heterocycles. The molecule has 2 aromatic heterocycles. The summed E-state index contributed by atoms with van der Waals surface area (Å²) in [6.45, 7) is 4.31. The van der Waals surface area contributed by atoms with Crippen LogP contribution in [0.2, 0.25) is 0 Å². The highest BCUT2D eigenvalue weighted by molar-refractivity contribution is 5.83. The van der Waals surface area contributed by atoms with Crippen molar-refractivity contribution >= 4 is 22.5 Å². The van der Waals surface area contributed by atoms with Gasteiger partial charge in [-0.05, 0) is 50.2 Å². The monoisotopic (exact) mass is 291 g/mol. The van der Waals surface area contributed by atoms with Crippen molar-refractivity contribution in [1.82, 2.24) is 19.2 Å². The van der Waals surface area contributed by atoms with Crippen LogP contribution in [-0.4, -0.2) is 19.2 Å². The van der Waals surface area contributed by atoms with Gasteiger partial charge in [-0.2, -0.15) is 0 Å². The third kappa shape index (κ3) is 1.72. The molecule has 0 atom stereocenters. The summed E-state index contributed by atoms with van der Waals surface area (Å²) >= 11 is 0. The van der Waals surface area contributed by atoms with Crippen LogP contribution in [0.5, 0.6) is 0 Å². The van der Waals surface area contributed by atoms with E-state index in [9.17, 15) is 0 Å². The van der Waals surface area contributed by atoms with Gasteiger partial charge in [-0.15, -0.1) is 10.2 Å². The lowest BCUT2D eigenvalue weighted by atomic mass is 10.2. The number of nitrogens with zero attached hydrogens (tertiary/aromatic N) is 4. The maximum atomic E-state index is 5.78. The maximum absolute atomic E-state index is 5.78. The first-order valence-electron chi connectivity index (χ1n) is 7.37. The summed E-state index contributed by atoms with van der Waals surface area (Å²) in [7, 11) is 0. The molecule has 5 nitrogen and oxygen atoms in total. The molecule has 4 aromatic rings. The Balaban J connectivity index is 2.10. The van der Waals surface area contributed by atoms with E-state index in [4.69, 9.17) is 5.73 Å². The highest BCUT2D eigenvalue weighted by atomic mass is 15.3. The summed E-state index contributed by atoms with van der Waals surface area (Å²) in [6, 6.07) is 16.4. The number of nitrogen functional groups attached to an aromatic ring is 1. The second-order valence-electron chi connectivity index (χ2n) is 5.73. The van der Waals surface area contributed by atoms with Crippen molar-refractivity contribution in [3.8, 4) is 11.4 Å². The highest BCUT2D eigenvalue weighted by Gasteiger charge is 2.18. The number of hydrogen-bond acceptors (Lipinski definition) is 3. The van der Waals surface area contributed by atoms with Gasteiger partial charge in [0.15, 0.2) is 5.82 Å². The molecule has 0 aliphatic rings. The minimum Gasteiger partial charge on any atom is -0.399 e. The number of imidazole rings is 1. The van der Waals surface area contributed by atoms with Gasteiger partial charge in [0.05, 0.1) is 11.0 Å². The number of para-hydroxylation sites is 2. The Morgan fingerprint density at radius 3 is 2.27 bits per heavy atom. The number of hydrogen-bond donors (Lipinski definition) is 1. The average molecular weight is 291 g/mol. The fourth-order valence-electron chi connectivity index (χ4n) is 2.95. The third-order valence-electron chi connectivity index (χ3n) is 3.93. The maximum Gasteiger partial charge on any atom is 0.237 e. The van der Waals surface area contributed by atoms with Crippen LogP contribution < -0.4 is 5.73 Å². The van der Waals surface area contributed by atoms with Gasteiger partial charge in [0.1, 0.15) is 0 Å². The minimum absolute atomic E-state index is 0.311. The lowest BCUT2D eigenvalue weighted by molar-refractivity contribution is 0.631. The van der Waals surface area contributed by atoms with Crippen LogP contribution in [0.25, 0.3) is 28.2 Å². The van der Waals surface area contributed by atoms with Crippen LogP contribution in [0.1, 0.15) is 19.9 Å². The van der Waals surface area contributed by atoms with Gasteiger partial charge in [0.2, 0.25) is 5.78 Å². The molecule has 2 N–H and O–H groups in total. The topological polar surface area (TPSA) is 61.1 Å². The Bertz CT molecular complexity index is 960. The van der Waals surface area contributed by atoms with Crippen LogP contribution in [-0.2, 0) is 0 Å². The fourth-order valence-corrected chi connectivity index (χ4v) is 2.95. The molecule has 0 saturated carbocycles. The zero-order chi connectivity index (χ0) is 15.3. The van der Waals surface area contributed by atoms with Crippen molar-refractivity contribution < 1.29 is 0 Å². The van der Waals surface area contributed by atoms with Gasteiger partial charge in [-0.1, -0.05) is 12.1 Å². The van der Waals surface area contributed by atoms with E-state index in [-0.39, 0.29) is 0 Å². The van der Waals surface area contributed by atoms with E-state index in [1.807, 2.05) is 30.3 Å². The number of fused-ring (bicyclic) bond motifs is 3. The molecule has 0 amide bonds. The summed E-state index contributed by atoms with van der Waals surface area (Å²) in [5.74, 6) is 1.70. The molecule has 0 bridgehead atoms. The first-order chi connectivity index (χ1) is 10.7. The van der Waals surface area contributed by atoms with Crippen molar-refractivity contribution in [2.24, 2.45) is 0 Å². The molecule has 2 aromatic carbocycles. The molecule has 0 spiro atoms. The summed E-state index contributed by atoms with van der Waals surface area (Å²) in [6.07, 6.45) is 0.